The number of anilines is 1. The lowest BCUT2D eigenvalue weighted by Crippen LogP contribution is -2.49. The zero-order chi connectivity index (χ0) is 23.6. The summed E-state index contributed by atoms with van der Waals surface area (Å²) in [7, 11) is -2.34. The van der Waals surface area contributed by atoms with Gasteiger partial charge in [0, 0.05) is 38.7 Å². The predicted octanol–water partition coefficient (Wildman–Crippen LogP) is 2.78. The molecule has 4 rings (SSSR count). The molecule has 1 fully saturated rings. The number of nitrogens with one attached hydrogen (secondary N) is 1. The van der Waals surface area contributed by atoms with E-state index in [1.165, 1.54) is 24.4 Å². The number of carbonyl (C=O) groups is 2. The van der Waals surface area contributed by atoms with E-state index in [9.17, 15) is 18.0 Å². The van der Waals surface area contributed by atoms with Gasteiger partial charge in [0.1, 0.15) is 16.7 Å². The van der Waals surface area contributed by atoms with E-state index in [4.69, 9.17) is 4.74 Å². The lowest BCUT2D eigenvalue weighted by atomic mass is 9.93. The molecule has 8 nitrogen and oxygen atoms in total. The first-order valence-electron chi connectivity index (χ1n) is 11.1. The standard InChI is InChI=1S/C24H29N3O5S/c1-17(28)27-16-19-9-5-4-8-18(19)14-21(27)24(29)25-20-10-11-22(32-2)23(15-20)33(30,31)26-12-6-3-7-13-26/h4-5,8-11,15,21H,3,6-7,12-14,16H2,1-2H3,(H,25,29)/t21-/m0/s1. The van der Waals surface area contributed by atoms with Gasteiger partial charge >= 0.3 is 0 Å². The smallest absolute Gasteiger partial charge is 0.247 e. The Morgan fingerprint density at radius 2 is 1.73 bits per heavy atom. The van der Waals surface area contributed by atoms with Crippen LogP contribution in [0.1, 0.15) is 37.3 Å². The summed E-state index contributed by atoms with van der Waals surface area (Å²) >= 11 is 0. The van der Waals surface area contributed by atoms with Gasteiger partial charge in [-0.3, -0.25) is 9.59 Å². The van der Waals surface area contributed by atoms with Gasteiger partial charge in [-0.2, -0.15) is 4.31 Å². The average molecular weight is 472 g/mol. The van der Waals surface area contributed by atoms with Gasteiger partial charge in [-0.15, -0.1) is 0 Å². The summed E-state index contributed by atoms with van der Waals surface area (Å²) in [5.74, 6) is -0.311. The Bertz CT molecular complexity index is 1160. The molecule has 33 heavy (non-hydrogen) atoms. The second-order valence-electron chi connectivity index (χ2n) is 8.46. The molecule has 2 aromatic rings. The highest BCUT2D eigenvalue weighted by Gasteiger charge is 2.34. The van der Waals surface area contributed by atoms with E-state index in [2.05, 4.69) is 5.32 Å². The first-order chi connectivity index (χ1) is 15.8. The third-order valence-corrected chi connectivity index (χ3v) is 8.24. The molecular formula is C24H29N3O5S. The molecule has 2 amide bonds. The fraction of sp³-hybridized carbons (Fsp3) is 0.417. The van der Waals surface area contributed by atoms with Crippen LogP contribution in [0, 0.1) is 0 Å². The first-order valence-corrected chi connectivity index (χ1v) is 12.6. The normalized spacial score (nSPS) is 19.0. The number of nitrogens with zero attached hydrogens (tertiary/aromatic N) is 2. The summed E-state index contributed by atoms with van der Waals surface area (Å²) in [5.41, 5.74) is 2.40. The molecule has 0 saturated carbocycles. The SMILES string of the molecule is COc1ccc(NC(=O)[C@@H]2Cc3ccccc3CN2C(C)=O)cc1S(=O)(=O)N1CCCCC1. The number of amides is 2. The van der Waals surface area contributed by atoms with Gasteiger partial charge in [0.25, 0.3) is 0 Å². The fourth-order valence-electron chi connectivity index (χ4n) is 4.51. The Morgan fingerprint density at radius 1 is 1.03 bits per heavy atom. The Hall–Kier alpha value is -2.91. The third kappa shape index (κ3) is 4.74. The van der Waals surface area contributed by atoms with Crippen LogP contribution in [0.3, 0.4) is 0 Å². The number of hydrogen-bond donors (Lipinski definition) is 1. The molecule has 1 N–H and O–H groups in total. The van der Waals surface area contributed by atoms with Crippen LogP contribution in [0.25, 0.3) is 0 Å². The molecule has 0 radical (unpaired) electrons. The van der Waals surface area contributed by atoms with Crippen LogP contribution in [0.5, 0.6) is 5.75 Å². The van der Waals surface area contributed by atoms with E-state index in [1.54, 1.807) is 17.0 Å². The van der Waals surface area contributed by atoms with Crippen molar-refractivity contribution in [3.63, 3.8) is 0 Å². The molecule has 0 unspecified atom stereocenters. The molecule has 2 aliphatic rings. The number of carbonyl (C=O) groups excluding carboxylic acids is 2. The van der Waals surface area contributed by atoms with Crippen LogP contribution in [-0.2, 0) is 32.6 Å². The molecule has 1 saturated heterocycles. The van der Waals surface area contributed by atoms with Crippen molar-refractivity contribution in [3.8, 4) is 5.75 Å². The van der Waals surface area contributed by atoms with Gasteiger partial charge in [-0.1, -0.05) is 30.7 Å². The Labute approximate surface area is 194 Å². The Balaban J connectivity index is 1.60. The molecule has 0 spiro atoms. The van der Waals surface area contributed by atoms with E-state index in [1.807, 2.05) is 24.3 Å². The quantitative estimate of drug-likeness (QED) is 0.724. The highest BCUT2D eigenvalue weighted by Crippen LogP contribution is 2.32. The van der Waals surface area contributed by atoms with Gasteiger partial charge in [0.05, 0.1) is 7.11 Å². The van der Waals surface area contributed by atoms with Crippen LogP contribution in [0.4, 0.5) is 5.69 Å². The summed E-state index contributed by atoms with van der Waals surface area (Å²) in [5, 5.41) is 2.82. The van der Waals surface area contributed by atoms with E-state index in [-0.39, 0.29) is 22.5 Å². The second kappa shape index (κ2) is 9.52. The maximum atomic E-state index is 13.3. The van der Waals surface area contributed by atoms with Crippen molar-refractivity contribution in [2.75, 3.05) is 25.5 Å². The largest absolute Gasteiger partial charge is 0.495 e. The molecule has 0 aliphatic carbocycles. The Kier molecular flexibility index (Phi) is 6.71. The highest BCUT2D eigenvalue weighted by atomic mass is 32.2. The number of ether oxygens (including phenoxy) is 1. The maximum absolute atomic E-state index is 13.3. The Morgan fingerprint density at radius 3 is 2.39 bits per heavy atom. The first kappa shape index (κ1) is 23.3. The van der Waals surface area contributed by atoms with Gasteiger partial charge in [-0.05, 0) is 42.2 Å². The minimum Gasteiger partial charge on any atom is -0.495 e. The van der Waals surface area contributed by atoms with Gasteiger partial charge < -0.3 is 15.0 Å². The maximum Gasteiger partial charge on any atom is 0.247 e. The minimum absolute atomic E-state index is 0.0297. The van der Waals surface area contributed by atoms with Gasteiger partial charge in [-0.25, -0.2) is 8.42 Å². The lowest BCUT2D eigenvalue weighted by molar-refractivity contribution is -0.138. The van der Waals surface area contributed by atoms with E-state index in [0.717, 1.165) is 30.4 Å². The summed E-state index contributed by atoms with van der Waals surface area (Å²) in [6, 6.07) is 11.7. The van der Waals surface area contributed by atoms with Crippen LogP contribution in [0.15, 0.2) is 47.4 Å². The van der Waals surface area contributed by atoms with Crippen LogP contribution in [-0.4, -0.2) is 55.7 Å². The molecule has 0 bridgehead atoms. The molecule has 2 aliphatic heterocycles. The number of fused-ring (bicyclic) bond motifs is 1. The van der Waals surface area contributed by atoms with Crippen molar-refractivity contribution in [1.29, 1.82) is 0 Å². The number of rotatable bonds is 5. The number of methoxy groups -OCH3 is 1. The van der Waals surface area contributed by atoms with Crippen molar-refractivity contribution in [3.05, 3.63) is 53.6 Å². The third-order valence-electron chi connectivity index (χ3n) is 6.32. The minimum atomic E-state index is -3.76. The van der Waals surface area contributed by atoms with Crippen LogP contribution < -0.4 is 10.1 Å². The molecule has 2 aromatic carbocycles. The summed E-state index contributed by atoms with van der Waals surface area (Å²) < 4.78 is 33.3. The van der Waals surface area contributed by atoms with Crippen molar-refractivity contribution in [2.24, 2.45) is 0 Å². The van der Waals surface area contributed by atoms with Crippen LogP contribution >= 0.6 is 0 Å². The monoisotopic (exact) mass is 471 g/mol. The molecule has 1 atom stereocenters. The predicted molar refractivity (Wildman–Crippen MR) is 124 cm³/mol. The van der Waals surface area contributed by atoms with Gasteiger partial charge in [0.15, 0.2) is 0 Å². The summed E-state index contributed by atoms with van der Waals surface area (Å²) in [6.07, 6.45) is 3.05. The molecule has 176 valence electrons. The van der Waals surface area contributed by atoms with Gasteiger partial charge in [0.2, 0.25) is 21.8 Å². The number of piperidine rings is 1. The second-order valence-corrected chi connectivity index (χ2v) is 10.4. The highest BCUT2D eigenvalue weighted by molar-refractivity contribution is 7.89. The number of benzene rings is 2. The summed E-state index contributed by atoms with van der Waals surface area (Å²) in [6.45, 7) is 2.75. The zero-order valence-corrected chi connectivity index (χ0v) is 19.7. The number of hydrogen-bond acceptors (Lipinski definition) is 5. The zero-order valence-electron chi connectivity index (χ0n) is 18.9. The molecule has 0 aromatic heterocycles. The van der Waals surface area contributed by atoms with E-state index >= 15 is 0 Å². The molecule has 9 heteroatoms. The topological polar surface area (TPSA) is 96.0 Å². The van der Waals surface area contributed by atoms with Crippen LogP contribution in [0.2, 0.25) is 0 Å². The van der Waals surface area contributed by atoms with Crippen molar-refractivity contribution in [2.45, 2.75) is 50.1 Å². The van der Waals surface area contributed by atoms with Crippen molar-refractivity contribution >= 4 is 27.5 Å². The number of sulfonamides is 1. The average Bonchev–Trinajstić information content (AvgIpc) is 2.83. The lowest BCUT2D eigenvalue weighted by Gasteiger charge is -2.35. The van der Waals surface area contributed by atoms with Crippen molar-refractivity contribution < 1.29 is 22.7 Å². The molecular weight excluding hydrogens is 442 g/mol. The molecule has 2 heterocycles. The fourth-order valence-corrected chi connectivity index (χ4v) is 6.21. The summed E-state index contributed by atoms with van der Waals surface area (Å²) in [4.78, 5) is 27.1. The van der Waals surface area contributed by atoms with E-state index < -0.39 is 16.1 Å². The van der Waals surface area contributed by atoms with E-state index in [0.29, 0.717) is 31.7 Å². The van der Waals surface area contributed by atoms with Crippen molar-refractivity contribution in [1.82, 2.24) is 9.21 Å².